The van der Waals surface area contributed by atoms with Crippen LogP contribution in [0.25, 0.3) is 11.0 Å². The highest BCUT2D eigenvalue weighted by Gasteiger charge is 2.34. The Bertz CT molecular complexity index is 1420. The molecule has 3 atom stereocenters. The van der Waals surface area contributed by atoms with Crippen molar-refractivity contribution in [2.24, 2.45) is 38.7 Å². The van der Waals surface area contributed by atoms with Gasteiger partial charge in [-0.3, -0.25) is 24.4 Å². The van der Waals surface area contributed by atoms with Gasteiger partial charge >= 0.3 is 11.8 Å². The van der Waals surface area contributed by atoms with Crippen LogP contribution in [-0.2, 0) is 20.6 Å². The van der Waals surface area contributed by atoms with Gasteiger partial charge in [-0.05, 0) is 44.7 Å². The highest BCUT2D eigenvalue weighted by molar-refractivity contribution is 5.99. The second kappa shape index (κ2) is 15.4. The highest BCUT2D eigenvalue weighted by Crippen LogP contribution is 2.34. The first-order chi connectivity index (χ1) is 20.1. The maximum absolute atomic E-state index is 13.4. The lowest BCUT2D eigenvalue weighted by atomic mass is 10.1. The Kier molecular flexibility index (Phi) is 12.3. The van der Waals surface area contributed by atoms with Crippen molar-refractivity contribution in [3.05, 3.63) is 40.2 Å². The molecule has 236 valence electrons. The van der Waals surface area contributed by atoms with Gasteiger partial charge in [0.1, 0.15) is 17.7 Å². The molecule has 0 unspecified atom stereocenters. The number of carbonyl (C=O) groups excluding carboxylic acids is 3. The summed E-state index contributed by atoms with van der Waals surface area (Å²) in [6.45, 7) is 1.70. The third-order valence-electron chi connectivity index (χ3n) is 5.89. The number of amides is 3. The number of nitrogens with two attached hydrogens (primary N) is 5. The zero-order valence-corrected chi connectivity index (χ0v) is 23.2. The zero-order chi connectivity index (χ0) is 32.3. The lowest BCUT2D eigenvalue weighted by Gasteiger charge is -2.24. The molecule has 0 saturated heterocycles. The Hall–Kier alpha value is -4.87. The standard InChI is InChI=1S/C25H35F3N10O5/c1-12(29)20(40)37-17(5-3-9-35-24(32)33)22(42)38-16(4-2-8-34-23(30)31)21(41)36-13-6-7-14-15(25(26,27)28)11-19(39)43-18(14)10-13/h6-7,10-12,16-17H,2-5,8-9,29H2,1H3,(H,36,41)(H,37,40)(H,38,42)(H4,30,31,34)(H4,32,33,35)/t12-,16-,17-/m0/s1. The normalized spacial score (nSPS) is 13.3. The van der Waals surface area contributed by atoms with E-state index in [0.717, 1.165) is 12.1 Å². The maximum Gasteiger partial charge on any atom is 0.417 e. The van der Waals surface area contributed by atoms with Gasteiger partial charge in [-0.2, -0.15) is 13.2 Å². The Labute approximate surface area is 243 Å². The van der Waals surface area contributed by atoms with Crippen molar-refractivity contribution in [3.63, 3.8) is 0 Å². The van der Waals surface area contributed by atoms with Crippen molar-refractivity contribution < 1.29 is 32.0 Å². The van der Waals surface area contributed by atoms with E-state index in [1.165, 1.54) is 13.0 Å². The van der Waals surface area contributed by atoms with Crippen molar-refractivity contribution >= 4 is 46.3 Å². The van der Waals surface area contributed by atoms with E-state index < -0.39 is 58.8 Å². The molecule has 15 nitrogen and oxygen atoms in total. The first kappa shape index (κ1) is 34.3. The van der Waals surface area contributed by atoms with Gasteiger partial charge in [0.25, 0.3) is 0 Å². The molecule has 0 saturated carbocycles. The van der Waals surface area contributed by atoms with E-state index in [1.54, 1.807) is 0 Å². The molecule has 0 aliphatic carbocycles. The van der Waals surface area contributed by atoms with Crippen molar-refractivity contribution in [2.45, 2.75) is 56.9 Å². The quantitative estimate of drug-likeness (QED) is 0.0568. The van der Waals surface area contributed by atoms with Crippen molar-refractivity contribution in [3.8, 4) is 0 Å². The number of nitrogens with one attached hydrogen (secondary N) is 3. The van der Waals surface area contributed by atoms with Crippen LogP contribution < -0.4 is 50.2 Å². The van der Waals surface area contributed by atoms with Gasteiger partial charge in [0.05, 0.1) is 11.6 Å². The Balaban J connectivity index is 2.30. The number of hydrogen-bond acceptors (Lipinski definition) is 8. The monoisotopic (exact) mass is 612 g/mol. The van der Waals surface area contributed by atoms with E-state index in [9.17, 15) is 32.3 Å². The first-order valence-electron chi connectivity index (χ1n) is 13.0. The van der Waals surface area contributed by atoms with Crippen molar-refractivity contribution in [1.82, 2.24) is 10.6 Å². The van der Waals surface area contributed by atoms with Crippen LogP contribution in [0.2, 0.25) is 0 Å². The van der Waals surface area contributed by atoms with Gasteiger partial charge in [-0.1, -0.05) is 0 Å². The number of anilines is 1. The summed E-state index contributed by atoms with van der Waals surface area (Å²) in [6, 6.07) is 0.354. The molecule has 0 fully saturated rings. The van der Waals surface area contributed by atoms with Gasteiger partial charge in [0.15, 0.2) is 11.9 Å². The third kappa shape index (κ3) is 11.1. The molecule has 0 radical (unpaired) electrons. The molecule has 1 aromatic heterocycles. The van der Waals surface area contributed by atoms with Crippen LogP contribution in [0.1, 0.15) is 38.2 Å². The number of guanidine groups is 2. The van der Waals surface area contributed by atoms with Gasteiger partial charge < -0.3 is 49.0 Å². The second-order valence-electron chi connectivity index (χ2n) is 9.49. The molecule has 0 spiro atoms. The summed E-state index contributed by atoms with van der Waals surface area (Å²) in [7, 11) is 0. The van der Waals surface area contributed by atoms with Crippen LogP contribution in [0, 0.1) is 0 Å². The van der Waals surface area contributed by atoms with Gasteiger partial charge in [-0.25, -0.2) is 4.79 Å². The van der Waals surface area contributed by atoms with Crippen LogP contribution in [0.15, 0.2) is 43.5 Å². The summed E-state index contributed by atoms with van der Waals surface area (Å²) in [5, 5.41) is 7.19. The number of nitrogens with zero attached hydrogens (tertiary/aromatic N) is 2. The number of hydrogen-bond donors (Lipinski definition) is 8. The summed E-state index contributed by atoms with van der Waals surface area (Å²) in [6.07, 6.45) is -4.18. The van der Waals surface area contributed by atoms with E-state index in [1.807, 2.05) is 0 Å². The van der Waals surface area contributed by atoms with E-state index >= 15 is 0 Å². The van der Waals surface area contributed by atoms with Gasteiger partial charge in [0, 0.05) is 36.3 Å². The smallest absolute Gasteiger partial charge is 0.417 e. The van der Waals surface area contributed by atoms with Crippen LogP contribution in [0.4, 0.5) is 18.9 Å². The van der Waals surface area contributed by atoms with E-state index in [0.29, 0.717) is 12.5 Å². The minimum atomic E-state index is -4.82. The Morgan fingerprint density at radius 2 is 1.42 bits per heavy atom. The van der Waals surface area contributed by atoms with Gasteiger partial charge in [-0.15, -0.1) is 0 Å². The molecule has 13 N–H and O–H groups in total. The van der Waals surface area contributed by atoms with E-state index in [4.69, 9.17) is 33.1 Å². The predicted molar refractivity (Wildman–Crippen MR) is 153 cm³/mol. The molecule has 43 heavy (non-hydrogen) atoms. The number of benzene rings is 1. The summed E-state index contributed by atoms with van der Waals surface area (Å²) in [5.74, 6) is -2.43. The molecule has 0 aliphatic rings. The van der Waals surface area contributed by atoms with E-state index in [-0.39, 0.29) is 55.3 Å². The number of aliphatic imine (C=N–C) groups is 2. The fourth-order valence-corrected chi connectivity index (χ4v) is 3.82. The third-order valence-corrected chi connectivity index (χ3v) is 5.89. The summed E-state index contributed by atoms with van der Waals surface area (Å²) in [4.78, 5) is 58.1. The van der Waals surface area contributed by atoms with Crippen LogP contribution in [0.3, 0.4) is 0 Å². The second-order valence-corrected chi connectivity index (χ2v) is 9.49. The highest BCUT2D eigenvalue weighted by atomic mass is 19.4. The number of carbonyl (C=O) groups is 3. The largest absolute Gasteiger partial charge is 0.423 e. The molecule has 0 aliphatic heterocycles. The predicted octanol–water partition coefficient (Wildman–Crippen LogP) is -0.826. The Morgan fingerprint density at radius 3 is 1.93 bits per heavy atom. The molecule has 0 bridgehead atoms. The molecule has 1 aromatic carbocycles. The zero-order valence-electron chi connectivity index (χ0n) is 23.2. The van der Waals surface area contributed by atoms with Crippen molar-refractivity contribution in [2.75, 3.05) is 18.4 Å². The SMILES string of the molecule is C[C@H](N)C(=O)N[C@@H](CCCN=C(N)N)C(=O)N[C@@H](CCCN=C(N)N)C(=O)Nc1ccc2c(C(F)(F)F)cc(=O)oc2c1. The molecule has 1 heterocycles. The molecule has 2 rings (SSSR count). The first-order valence-corrected chi connectivity index (χ1v) is 13.0. The number of halogens is 3. The molecular weight excluding hydrogens is 577 g/mol. The number of rotatable bonds is 14. The van der Waals surface area contributed by atoms with E-state index in [2.05, 4.69) is 25.9 Å². The molecule has 3 amide bonds. The fraction of sp³-hybridized carbons (Fsp3) is 0.440. The minimum Gasteiger partial charge on any atom is -0.423 e. The van der Waals surface area contributed by atoms with Gasteiger partial charge in [0.2, 0.25) is 17.7 Å². The molecule has 2 aromatic rings. The van der Waals surface area contributed by atoms with Crippen LogP contribution in [0.5, 0.6) is 0 Å². The number of fused-ring (bicyclic) bond motifs is 1. The average Bonchev–Trinajstić information content (AvgIpc) is 2.90. The topological polar surface area (TPSA) is 272 Å². The molecular formula is C25H35F3N10O5. The fourth-order valence-electron chi connectivity index (χ4n) is 3.82. The minimum absolute atomic E-state index is 0.0116. The average molecular weight is 613 g/mol. The Morgan fingerprint density at radius 1 is 0.884 bits per heavy atom. The lowest BCUT2D eigenvalue weighted by molar-refractivity contribution is -0.136. The molecule has 18 heteroatoms. The lowest BCUT2D eigenvalue weighted by Crippen LogP contribution is -2.54. The summed E-state index contributed by atoms with van der Waals surface area (Å²) >= 11 is 0. The van der Waals surface area contributed by atoms with Crippen LogP contribution in [-0.4, -0.2) is 60.9 Å². The summed E-state index contributed by atoms with van der Waals surface area (Å²) in [5.41, 5.74) is 24.1. The maximum atomic E-state index is 13.4. The van der Waals surface area contributed by atoms with Crippen molar-refractivity contribution in [1.29, 1.82) is 0 Å². The summed E-state index contributed by atoms with van der Waals surface area (Å²) < 4.78 is 45.1. The number of alkyl halides is 3. The van der Waals surface area contributed by atoms with Crippen LogP contribution >= 0.6 is 0 Å².